The number of benzene rings is 1. The summed E-state index contributed by atoms with van der Waals surface area (Å²) in [5.74, 6) is -0.157. The highest BCUT2D eigenvalue weighted by Crippen LogP contribution is 2.19. The Hall–Kier alpha value is -2.32. The fourth-order valence-electron chi connectivity index (χ4n) is 3.64. The van der Waals surface area contributed by atoms with E-state index in [-0.39, 0.29) is 30.1 Å². The highest BCUT2D eigenvalue weighted by atomic mass is 35.5. The first kappa shape index (κ1) is 20.4. The van der Waals surface area contributed by atoms with Gasteiger partial charge in [0.05, 0.1) is 0 Å². The molecule has 0 radical (unpaired) electrons. The molecule has 2 fully saturated rings. The molecule has 0 spiro atoms. The normalized spacial score (nSPS) is 21.8. The topological polar surface area (TPSA) is 85.0 Å². The van der Waals surface area contributed by atoms with Crippen LogP contribution in [0.15, 0.2) is 24.3 Å². The van der Waals surface area contributed by atoms with Crippen molar-refractivity contribution in [2.45, 2.75) is 31.5 Å². The Balaban J connectivity index is 1.43. The number of urea groups is 2. The molecule has 1 aromatic rings. The molecule has 2 saturated heterocycles. The predicted octanol–water partition coefficient (Wildman–Crippen LogP) is 1.50. The van der Waals surface area contributed by atoms with E-state index in [1.165, 1.54) is 11.9 Å². The number of hydrogen-bond acceptors (Lipinski definition) is 4. The zero-order valence-corrected chi connectivity index (χ0v) is 16.9. The van der Waals surface area contributed by atoms with Crippen molar-refractivity contribution in [3.8, 4) is 0 Å². The molecule has 0 aromatic heterocycles. The second-order valence-corrected chi connectivity index (χ2v) is 7.78. The first-order chi connectivity index (χ1) is 13.3. The number of nitrogens with zero attached hydrogens (tertiary/aromatic N) is 3. The zero-order valence-electron chi connectivity index (χ0n) is 16.2. The summed E-state index contributed by atoms with van der Waals surface area (Å²) in [6.07, 6.45) is 1.53. The Morgan fingerprint density at radius 3 is 2.43 bits per heavy atom. The molecule has 1 unspecified atom stereocenters. The van der Waals surface area contributed by atoms with Gasteiger partial charge in [-0.2, -0.15) is 0 Å². The van der Waals surface area contributed by atoms with E-state index in [9.17, 15) is 14.4 Å². The Labute approximate surface area is 169 Å². The summed E-state index contributed by atoms with van der Waals surface area (Å²) in [7, 11) is 3.23. The van der Waals surface area contributed by atoms with Gasteiger partial charge in [-0.25, -0.2) is 9.59 Å². The van der Waals surface area contributed by atoms with Gasteiger partial charge in [0, 0.05) is 51.3 Å². The average Bonchev–Trinajstić information content (AvgIpc) is 2.69. The van der Waals surface area contributed by atoms with Crippen LogP contribution in [0.25, 0.3) is 0 Å². The highest BCUT2D eigenvalue weighted by molar-refractivity contribution is 6.30. The molecule has 2 aliphatic rings. The third-order valence-corrected chi connectivity index (χ3v) is 5.60. The van der Waals surface area contributed by atoms with Crippen molar-refractivity contribution in [2.24, 2.45) is 0 Å². The van der Waals surface area contributed by atoms with Crippen LogP contribution in [0.1, 0.15) is 18.4 Å². The SMILES string of the molecule is CN1CC(N2CCC(NC(=O)NCc3ccc(Cl)cc3)CC2)C(=O)N(C)C1=O. The lowest BCUT2D eigenvalue weighted by atomic mass is 10.0. The standard InChI is InChI=1S/C19H26ClN5O3/c1-23-12-16(17(26)24(2)19(23)28)25-9-7-15(8-10-25)22-18(27)21-11-13-3-5-14(20)6-4-13/h3-6,15-16H,7-12H2,1-2H3,(H2,21,22,27). The fourth-order valence-corrected chi connectivity index (χ4v) is 3.76. The van der Waals surface area contributed by atoms with Crippen molar-refractivity contribution in [1.82, 2.24) is 25.3 Å². The van der Waals surface area contributed by atoms with Crippen LogP contribution >= 0.6 is 11.6 Å². The molecule has 152 valence electrons. The first-order valence-corrected chi connectivity index (χ1v) is 9.78. The lowest BCUT2D eigenvalue weighted by Gasteiger charge is -2.42. The monoisotopic (exact) mass is 407 g/mol. The number of rotatable bonds is 4. The van der Waals surface area contributed by atoms with E-state index in [1.807, 2.05) is 12.1 Å². The van der Waals surface area contributed by atoms with Crippen LogP contribution in [0.2, 0.25) is 5.02 Å². The average molecular weight is 408 g/mol. The maximum atomic E-state index is 12.4. The van der Waals surface area contributed by atoms with Gasteiger partial charge in [-0.15, -0.1) is 0 Å². The van der Waals surface area contributed by atoms with Gasteiger partial charge in [0.1, 0.15) is 6.04 Å². The summed E-state index contributed by atoms with van der Waals surface area (Å²) in [5.41, 5.74) is 0.980. The predicted molar refractivity (Wildman–Crippen MR) is 106 cm³/mol. The second kappa shape index (κ2) is 8.79. The molecule has 0 aliphatic carbocycles. The van der Waals surface area contributed by atoms with Crippen molar-refractivity contribution in [2.75, 3.05) is 33.7 Å². The number of likely N-dealkylation sites (N-methyl/N-ethyl adjacent to an activating group) is 2. The number of likely N-dealkylation sites (tertiary alicyclic amines) is 1. The summed E-state index contributed by atoms with van der Waals surface area (Å²) in [4.78, 5) is 41.3. The van der Waals surface area contributed by atoms with Crippen molar-refractivity contribution in [1.29, 1.82) is 0 Å². The molecule has 2 heterocycles. The van der Waals surface area contributed by atoms with E-state index >= 15 is 0 Å². The van der Waals surface area contributed by atoms with E-state index < -0.39 is 0 Å². The number of hydrogen-bond donors (Lipinski definition) is 2. The van der Waals surface area contributed by atoms with Crippen molar-refractivity contribution >= 4 is 29.6 Å². The Morgan fingerprint density at radius 1 is 1.14 bits per heavy atom. The van der Waals surface area contributed by atoms with Gasteiger partial charge < -0.3 is 15.5 Å². The maximum Gasteiger partial charge on any atom is 0.326 e. The smallest absolute Gasteiger partial charge is 0.326 e. The van der Waals surface area contributed by atoms with Crippen molar-refractivity contribution < 1.29 is 14.4 Å². The molecule has 0 bridgehead atoms. The Kier molecular flexibility index (Phi) is 6.41. The number of halogens is 1. The summed E-state index contributed by atoms with van der Waals surface area (Å²) in [5, 5.41) is 6.51. The molecule has 8 nitrogen and oxygen atoms in total. The van der Waals surface area contributed by atoms with E-state index in [1.54, 1.807) is 24.1 Å². The van der Waals surface area contributed by atoms with Gasteiger partial charge in [0.2, 0.25) is 5.91 Å². The van der Waals surface area contributed by atoms with Crippen molar-refractivity contribution in [3.05, 3.63) is 34.9 Å². The molecule has 1 atom stereocenters. The van der Waals surface area contributed by atoms with Gasteiger partial charge in [0.15, 0.2) is 0 Å². The van der Waals surface area contributed by atoms with Crippen LogP contribution in [-0.2, 0) is 11.3 Å². The van der Waals surface area contributed by atoms with Gasteiger partial charge in [-0.05, 0) is 30.5 Å². The summed E-state index contributed by atoms with van der Waals surface area (Å²) >= 11 is 5.86. The quantitative estimate of drug-likeness (QED) is 0.792. The van der Waals surface area contributed by atoms with Crippen LogP contribution in [0.4, 0.5) is 9.59 Å². The van der Waals surface area contributed by atoms with Gasteiger partial charge in [-0.1, -0.05) is 23.7 Å². The summed E-state index contributed by atoms with van der Waals surface area (Å²) in [6, 6.07) is 6.62. The zero-order chi connectivity index (χ0) is 20.3. The Bertz CT molecular complexity index is 734. The van der Waals surface area contributed by atoms with Crippen molar-refractivity contribution in [3.63, 3.8) is 0 Å². The minimum absolute atomic E-state index is 0.0669. The number of carbonyl (C=O) groups excluding carboxylic acids is 3. The van der Waals surface area contributed by atoms with Gasteiger partial charge in [-0.3, -0.25) is 14.6 Å². The van der Waals surface area contributed by atoms with Crippen LogP contribution in [0.5, 0.6) is 0 Å². The second-order valence-electron chi connectivity index (χ2n) is 7.34. The molecular formula is C19H26ClN5O3. The van der Waals surface area contributed by atoms with Crippen LogP contribution in [0, 0.1) is 0 Å². The number of amides is 5. The Morgan fingerprint density at radius 2 is 1.79 bits per heavy atom. The minimum atomic E-state index is -0.313. The molecule has 9 heteroatoms. The molecule has 3 rings (SSSR count). The van der Waals surface area contributed by atoms with E-state index in [0.717, 1.165) is 18.4 Å². The lowest BCUT2D eigenvalue weighted by Crippen LogP contribution is -2.63. The summed E-state index contributed by atoms with van der Waals surface area (Å²) in [6.45, 7) is 2.25. The fraction of sp³-hybridized carbons (Fsp3) is 0.526. The van der Waals surface area contributed by atoms with E-state index in [2.05, 4.69) is 15.5 Å². The van der Waals surface area contributed by atoms with E-state index in [0.29, 0.717) is 31.2 Å². The number of imide groups is 1. The highest BCUT2D eigenvalue weighted by Gasteiger charge is 2.39. The molecule has 2 N–H and O–H groups in total. The number of nitrogens with one attached hydrogen (secondary N) is 2. The molecular weight excluding hydrogens is 382 g/mol. The molecule has 5 amide bonds. The summed E-state index contributed by atoms with van der Waals surface area (Å²) < 4.78 is 0. The van der Waals surface area contributed by atoms with E-state index in [4.69, 9.17) is 11.6 Å². The van der Waals surface area contributed by atoms with Crippen LogP contribution in [-0.4, -0.2) is 78.5 Å². The van der Waals surface area contributed by atoms with Crippen LogP contribution < -0.4 is 10.6 Å². The molecule has 2 aliphatic heterocycles. The third-order valence-electron chi connectivity index (χ3n) is 5.35. The minimum Gasteiger partial charge on any atom is -0.335 e. The third kappa shape index (κ3) is 4.74. The number of piperidine rings is 1. The maximum absolute atomic E-state index is 12.4. The molecule has 0 saturated carbocycles. The first-order valence-electron chi connectivity index (χ1n) is 9.40. The van der Waals surface area contributed by atoms with Gasteiger partial charge >= 0.3 is 12.1 Å². The molecule has 1 aromatic carbocycles. The number of carbonyl (C=O) groups is 3. The van der Waals surface area contributed by atoms with Gasteiger partial charge in [0.25, 0.3) is 0 Å². The lowest BCUT2D eigenvalue weighted by molar-refractivity contribution is -0.136. The molecule has 28 heavy (non-hydrogen) atoms. The van der Waals surface area contributed by atoms with Crippen LogP contribution in [0.3, 0.4) is 0 Å². The largest absolute Gasteiger partial charge is 0.335 e.